The standard InChI is InChI=1S/C15H16N4O/c1-2-20-15-13(17)7-8-14(19-15)18-10-12-5-3-11(9-16)4-6-12/h3-8H,2,10,17H2,1H3,(H,18,19). The highest BCUT2D eigenvalue weighted by molar-refractivity contribution is 5.53. The van der Waals surface area contributed by atoms with Crippen molar-refractivity contribution >= 4 is 11.5 Å². The molecule has 2 aromatic rings. The Morgan fingerprint density at radius 1 is 1.25 bits per heavy atom. The van der Waals surface area contributed by atoms with Crippen molar-refractivity contribution in [3.63, 3.8) is 0 Å². The number of nitrogens with zero attached hydrogens (tertiary/aromatic N) is 2. The van der Waals surface area contributed by atoms with Crippen LogP contribution in [0.4, 0.5) is 11.5 Å². The molecule has 0 saturated heterocycles. The van der Waals surface area contributed by atoms with E-state index in [2.05, 4.69) is 16.4 Å². The molecule has 0 atom stereocenters. The lowest BCUT2D eigenvalue weighted by Crippen LogP contribution is -2.05. The van der Waals surface area contributed by atoms with E-state index in [1.807, 2.05) is 25.1 Å². The minimum atomic E-state index is 0.442. The summed E-state index contributed by atoms with van der Waals surface area (Å²) >= 11 is 0. The molecule has 1 heterocycles. The summed E-state index contributed by atoms with van der Waals surface area (Å²) < 4.78 is 5.35. The molecule has 0 bridgehead atoms. The van der Waals surface area contributed by atoms with Crippen LogP contribution in [0.1, 0.15) is 18.1 Å². The van der Waals surface area contributed by atoms with E-state index in [4.69, 9.17) is 15.7 Å². The third kappa shape index (κ3) is 3.39. The van der Waals surface area contributed by atoms with Crippen molar-refractivity contribution in [3.05, 3.63) is 47.5 Å². The molecule has 2 rings (SSSR count). The number of ether oxygens (including phenoxy) is 1. The Bertz CT molecular complexity index is 617. The fraction of sp³-hybridized carbons (Fsp3) is 0.200. The molecular formula is C15H16N4O. The van der Waals surface area contributed by atoms with Crippen LogP contribution in [0.25, 0.3) is 0 Å². The summed E-state index contributed by atoms with van der Waals surface area (Å²) in [6.45, 7) is 3.03. The highest BCUT2D eigenvalue weighted by Gasteiger charge is 2.03. The molecule has 0 saturated carbocycles. The number of nitrogens with one attached hydrogen (secondary N) is 1. The quantitative estimate of drug-likeness (QED) is 0.870. The number of nitrogen functional groups attached to an aromatic ring is 1. The normalized spacial score (nSPS) is 9.80. The van der Waals surface area contributed by atoms with Crippen LogP contribution in [0, 0.1) is 11.3 Å². The first-order valence-electron chi connectivity index (χ1n) is 6.35. The summed E-state index contributed by atoms with van der Waals surface area (Å²) in [7, 11) is 0. The molecule has 0 amide bonds. The molecule has 102 valence electrons. The largest absolute Gasteiger partial charge is 0.476 e. The zero-order chi connectivity index (χ0) is 14.4. The summed E-state index contributed by atoms with van der Waals surface area (Å²) in [6.07, 6.45) is 0. The van der Waals surface area contributed by atoms with E-state index in [0.717, 1.165) is 5.56 Å². The van der Waals surface area contributed by atoms with Gasteiger partial charge in [-0.15, -0.1) is 0 Å². The van der Waals surface area contributed by atoms with E-state index in [1.54, 1.807) is 18.2 Å². The number of nitriles is 1. The third-order valence-electron chi connectivity index (χ3n) is 2.73. The van der Waals surface area contributed by atoms with Gasteiger partial charge in [0.25, 0.3) is 0 Å². The van der Waals surface area contributed by atoms with Gasteiger partial charge in [-0.2, -0.15) is 10.2 Å². The van der Waals surface area contributed by atoms with Gasteiger partial charge in [0.1, 0.15) is 5.82 Å². The minimum absolute atomic E-state index is 0.442. The first-order valence-corrected chi connectivity index (χ1v) is 6.35. The molecule has 20 heavy (non-hydrogen) atoms. The van der Waals surface area contributed by atoms with E-state index in [9.17, 15) is 0 Å². The lowest BCUT2D eigenvalue weighted by Gasteiger charge is -2.10. The van der Waals surface area contributed by atoms with Crippen LogP contribution >= 0.6 is 0 Å². The van der Waals surface area contributed by atoms with Crippen molar-refractivity contribution in [2.75, 3.05) is 17.7 Å². The van der Waals surface area contributed by atoms with Gasteiger partial charge in [0.05, 0.1) is 23.9 Å². The van der Waals surface area contributed by atoms with E-state index >= 15 is 0 Å². The van der Waals surface area contributed by atoms with Crippen LogP contribution in [0.15, 0.2) is 36.4 Å². The van der Waals surface area contributed by atoms with Gasteiger partial charge < -0.3 is 15.8 Å². The van der Waals surface area contributed by atoms with Crippen LogP contribution in [-0.2, 0) is 6.54 Å². The number of rotatable bonds is 5. The number of nitrogens with two attached hydrogens (primary N) is 1. The van der Waals surface area contributed by atoms with Crippen LogP contribution in [0.5, 0.6) is 5.88 Å². The summed E-state index contributed by atoms with van der Waals surface area (Å²) in [5.41, 5.74) is 8.01. The molecular weight excluding hydrogens is 252 g/mol. The summed E-state index contributed by atoms with van der Waals surface area (Å²) in [4.78, 5) is 4.30. The molecule has 0 aliphatic carbocycles. The second kappa shape index (κ2) is 6.43. The first-order chi connectivity index (χ1) is 9.72. The Morgan fingerprint density at radius 3 is 2.65 bits per heavy atom. The number of hydrogen-bond donors (Lipinski definition) is 2. The average molecular weight is 268 g/mol. The van der Waals surface area contributed by atoms with E-state index in [1.165, 1.54) is 0 Å². The predicted octanol–water partition coefficient (Wildman–Crippen LogP) is 2.55. The molecule has 1 aromatic carbocycles. The number of hydrogen-bond acceptors (Lipinski definition) is 5. The topological polar surface area (TPSA) is 84.0 Å². The van der Waals surface area contributed by atoms with Crippen molar-refractivity contribution in [1.82, 2.24) is 4.98 Å². The Kier molecular flexibility index (Phi) is 4.40. The van der Waals surface area contributed by atoms with Crippen molar-refractivity contribution in [2.24, 2.45) is 0 Å². The van der Waals surface area contributed by atoms with Gasteiger partial charge in [0.2, 0.25) is 5.88 Å². The van der Waals surface area contributed by atoms with Gasteiger partial charge in [-0.3, -0.25) is 0 Å². The fourth-order valence-electron chi connectivity index (χ4n) is 1.69. The highest BCUT2D eigenvalue weighted by Crippen LogP contribution is 2.21. The first kappa shape index (κ1) is 13.7. The summed E-state index contributed by atoms with van der Waals surface area (Å²) in [5, 5.41) is 11.9. The maximum atomic E-state index is 8.74. The lowest BCUT2D eigenvalue weighted by molar-refractivity contribution is 0.329. The smallest absolute Gasteiger partial charge is 0.239 e. The molecule has 5 heteroatoms. The second-order valence-electron chi connectivity index (χ2n) is 4.19. The van der Waals surface area contributed by atoms with Crippen LogP contribution in [0.2, 0.25) is 0 Å². The molecule has 5 nitrogen and oxygen atoms in total. The predicted molar refractivity (Wildman–Crippen MR) is 78.3 cm³/mol. The minimum Gasteiger partial charge on any atom is -0.476 e. The number of anilines is 2. The Labute approximate surface area is 118 Å². The van der Waals surface area contributed by atoms with Crippen LogP contribution in [-0.4, -0.2) is 11.6 Å². The lowest BCUT2D eigenvalue weighted by atomic mass is 10.1. The summed E-state index contributed by atoms with van der Waals surface area (Å²) in [5.74, 6) is 1.14. The van der Waals surface area contributed by atoms with Crippen molar-refractivity contribution in [1.29, 1.82) is 5.26 Å². The molecule has 0 aliphatic heterocycles. The van der Waals surface area contributed by atoms with E-state index < -0.39 is 0 Å². The molecule has 0 radical (unpaired) electrons. The Morgan fingerprint density at radius 2 is 2.00 bits per heavy atom. The van der Waals surface area contributed by atoms with Gasteiger partial charge in [-0.25, -0.2) is 0 Å². The zero-order valence-electron chi connectivity index (χ0n) is 11.3. The Hall–Kier alpha value is -2.74. The number of pyridine rings is 1. The maximum absolute atomic E-state index is 8.74. The van der Waals surface area contributed by atoms with Crippen LogP contribution < -0.4 is 15.8 Å². The SMILES string of the molecule is CCOc1nc(NCc2ccc(C#N)cc2)ccc1N. The summed E-state index contributed by atoms with van der Waals surface area (Å²) in [6, 6.07) is 13.1. The maximum Gasteiger partial charge on any atom is 0.239 e. The fourth-order valence-corrected chi connectivity index (χ4v) is 1.69. The zero-order valence-corrected chi connectivity index (χ0v) is 11.3. The monoisotopic (exact) mass is 268 g/mol. The second-order valence-corrected chi connectivity index (χ2v) is 4.19. The van der Waals surface area contributed by atoms with Gasteiger partial charge in [-0.05, 0) is 36.8 Å². The molecule has 0 fully saturated rings. The molecule has 0 spiro atoms. The highest BCUT2D eigenvalue weighted by atomic mass is 16.5. The molecule has 0 unspecified atom stereocenters. The van der Waals surface area contributed by atoms with Crippen molar-refractivity contribution < 1.29 is 4.74 Å². The molecule has 1 aromatic heterocycles. The third-order valence-corrected chi connectivity index (χ3v) is 2.73. The van der Waals surface area contributed by atoms with Crippen molar-refractivity contribution in [2.45, 2.75) is 13.5 Å². The molecule has 0 aliphatic rings. The van der Waals surface area contributed by atoms with Gasteiger partial charge in [-0.1, -0.05) is 12.1 Å². The number of aromatic nitrogens is 1. The van der Waals surface area contributed by atoms with E-state index in [0.29, 0.717) is 36.1 Å². The van der Waals surface area contributed by atoms with Gasteiger partial charge in [0, 0.05) is 6.54 Å². The van der Waals surface area contributed by atoms with Gasteiger partial charge >= 0.3 is 0 Å². The van der Waals surface area contributed by atoms with Crippen LogP contribution in [0.3, 0.4) is 0 Å². The van der Waals surface area contributed by atoms with Crippen molar-refractivity contribution in [3.8, 4) is 11.9 Å². The molecule has 3 N–H and O–H groups in total. The van der Waals surface area contributed by atoms with Gasteiger partial charge in [0.15, 0.2) is 0 Å². The van der Waals surface area contributed by atoms with E-state index in [-0.39, 0.29) is 0 Å². The Balaban J connectivity index is 2.03. The number of benzene rings is 1. The average Bonchev–Trinajstić information content (AvgIpc) is 2.49.